The fraction of sp³-hybridized carbons (Fsp3) is 0.474. The molecule has 1 aromatic carbocycles. The monoisotopic (exact) mass is 356 g/mol. The number of nitrogens with zero attached hydrogens (tertiary/aromatic N) is 2. The molecule has 1 unspecified atom stereocenters. The van der Waals surface area contributed by atoms with E-state index in [-0.39, 0.29) is 11.9 Å². The lowest BCUT2D eigenvalue weighted by Gasteiger charge is -2.37. The van der Waals surface area contributed by atoms with E-state index in [1.54, 1.807) is 13.2 Å². The zero-order valence-electron chi connectivity index (χ0n) is 14.9. The van der Waals surface area contributed by atoms with Crippen LogP contribution < -0.4 is 10.7 Å². The molecule has 1 saturated carbocycles. The van der Waals surface area contributed by atoms with Gasteiger partial charge < -0.3 is 14.6 Å². The number of aromatic nitrogens is 1. The molecule has 0 spiro atoms. The summed E-state index contributed by atoms with van der Waals surface area (Å²) in [4.78, 5) is 12.5. The highest BCUT2D eigenvalue weighted by atomic mass is 16.5. The summed E-state index contributed by atoms with van der Waals surface area (Å²) in [7, 11) is 1.67. The van der Waals surface area contributed by atoms with E-state index < -0.39 is 5.60 Å². The van der Waals surface area contributed by atoms with Gasteiger partial charge in [0.2, 0.25) is 0 Å². The van der Waals surface area contributed by atoms with Gasteiger partial charge in [0.15, 0.2) is 11.5 Å². The predicted molar refractivity (Wildman–Crippen MR) is 95.1 cm³/mol. The smallest absolute Gasteiger partial charge is 0.273 e. The number of hydrogen-bond donors (Lipinski definition) is 2. The van der Waals surface area contributed by atoms with E-state index >= 15 is 0 Å². The number of carbonyl (C=O) groups excluding carboxylic acids is 1. The predicted octanol–water partition coefficient (Wildman–Crippen LogP) is 1.82. The van der Waals surface area contributed by atoms with Crippen LogP contribution >= 0.6 is 0 Å². The normalized spacial score (nSPS) is 22.1. The molecule has 1 aliphatic carbocycles. The molecule has 4 rings (SSSR count). The second kappa shape index (κ2) is 7.19. The van der Waals surface area contributed by atoms with Crippen LogP contribution in [0.15, 0.2) is 40.9 Å². The summed E-state index contributed by atoms with van der Waals surface area (Å²) in [6, 6.07) is 12.0. The van der Waals surface area contributed by atoms with E-state index in [1.807, 2.05) is 18.2 Å². The lowest BCUT2D eigenvalue weighted by atomic mass is 9.78. The van der Waals surface area contributed by atoms with Crippen molar-refractivity contribution in [3.8, 4) is 0 Å². The van der Waals surface area contributed by atoms with E-state index in [4.69, 9.17) is 9.26 Å². The van der Waals surface area contributed by atoms with Gasteiger partial charge in [0.1, 0.15) is 5.60 Å². The number of amides is 1. The van der Waals surface area contributed by atoms with Crippen molar-refractivity contribution in [1.29, 1.82) is 0 Å². The lowest BCUT2D eigenvalue weighted by Crippen LogP contribution is -2.38. The number of ether oxygens (including phenoxy) is 1. The maximum Gasteiger partial charge on any atom is 0.273 e. The molecule has 2 aromatic rings. The molecule has 2 aliphatic rings. The zero-order chi connectivity index (χ0) is 18.0. The molecule has 7 nitrogen and oxygen atoms in total. The van der Waals surface area contributed by atoms with Crippen molar-refractivity contribution in [2.45, 2.75) is 37.5 Å². The summed E-state index contributed by atoms with van der Waals surface area (Å²) < 4.78 is 11.0. The van der Waals surface area contributed by atoms with Crippen molar-refractivity contribution in [2.75, 3.05) is 20.2 Å². The summed E-state index contributed by atoms with van der Waals surface area (Å²) in [5.41, 5.74) is 4.47. The van der Waals surface area contributed by atoms with Crippen LogP contribution in [0.5, 0.6) is 0 Å². The van der Waals surface area contributed by atoms with Crippen LogP contribution in [0.4, 0.5) is 0 Å². The van der Waals surface area contributed by atoms with E-state index in [0.29, 0.717) is 18.0 Å². The van der Waals surface area contributed by atoms with Crippen LogP contribution in [0.25, 0.3) is 0 Å². The molecule has 2 N–H and O–H groups in total. The zero-order valence-corrected chi connectivity index (χ0v) is 14.9. The third kappa shape index (κ3) is 3.38. The minimum atomic E-state index is -0.396. The third-order valence-corrected chi connectivity index (χ3v) is 5.30. The van der Waals surface area contributed by atoms with Gasteiger partial charge in [0.05, 0.1) is 6.04 Å². The Morgan fingerprint density at radius 3 is 2.92 bits per heavy atom. The number of hydrogen-bond acceptors (Lipinski definition) is 6. The molecule has 1 aromatic heterocycles. The van der Waals surface area contributed by atoms with Crippen molar-refractivity contribution < 1.29 is 14.1 Å². The van der Waals surface area contributed by atoms with Crippen LogP contribution in [0, 0.1) is 0 Å². The largest absolute Gasteiger partial charge is 0.370 e. The van der Waals surface area contributed by atoms with Crippen molar-refractivity contribution in [3.05, 3.63) is 53.4 Å². The van der Waals surface area contributed by atoms with Gasteiger partial charge in [-0.05, 0) is 24.8 Å². The van der Waals surface area contributed by atoms with Gasteiger partial charge in [-0.2, -0.15) is 0 Å². The molecule has 0 radical (unpaired) electrons. The molecular formula is C19H24N4O3. The second-order valence-electron chi connectivity index (χ2n) is 7.03. The molecule has 138 valence electrons. The van der Waals surface area contributed by atoms with Gasteiger partial charge in [-0.25, -0.2) is 5.01 Å². The third-order valence-electron chi connectivity index (χ3n) is 5.30. The molecule has 1 atom stereocenters. The Morgan fingerprint density at radius 2 is 2.23 bits per heavy atom. The SMILES string of the molecule is COC1(c2cc(C(=O)NC3CNN(Cc4ccccc4)C3)no2)CCC1. The Morgan fingerprint density at radius 1 is 1.42 bits per heavy atom. The van der Waals surface area contributed by atoms with E-state index in [2.05, 4.69) is 33.0 Å². The first kappa shape index (κ1) is 17.2. The summed E-state index contributed by atoms with van der Waals surface area (Å²) in [5.74, 6) is 0.436. The lowest BCUT2D eigenvalue weighted by molar-refractivity contribution is -0.0955. The Kier molecular flexibility index (Phi) is 4.76. The molecule has 2 fully saturated rings. The molecular weight excluding hydrogens is 332 g/mol. The van der Waals surface area contributed by atoms with Crippen LogP contribution in [0.3, 0.4) is 0 Å². The van der Waals surface area contributed by atoms with Gasteiger partial charge >= 0.3 is 0 Å². The molecule has 1 aliphatic heterocycles. The van der Waals surface area contributed by atoms with Gasteiger partial charge in [-0.15, -0.1) is 0 Å². The van der Waals surface area contributed by atoms with Crippen LogP contribution in [0.2, 0.25) is 0 Å². The Bertz CT molecular complexity index is 752. The first-order valence-electron chi connectivity index (χ1n) is 9.04. The topological polar surface area (TPSA) is 79.6 Å². The average molecular weight is 356 g/mol. The maximum absolute atomic E-state index is 12.5. The number of rotatable bonds is 6. The molecule has 1 saturated heterocycles. The minimum Gasteiger partial charge on any atom is -0.370 e. The van der Waals surface area contributed by atoms with Crippen molar-refractivity contribution >= 4 is 5.91 Å². The van der Waals surface area contributed by atoms with Crippen molar-refractivity contribution in [2.24, 2.45) is 0 Å². The average Bonchev–Trinajstić information content (AvgIpc) is 3.26. The summed E-state index contributed by atoms with van der Waals surface area (Å²) in [6.45, 7) is 2.25. The highest BCUT2D eigenvalue weighted by Crippen LogP contribution is 2.44. The Balaban J connectivity index is 1.32. The van der Waals surface area contributed by atoms with Gasteiger partial charge in [-0.1, -0.05) is 35.5 Å². The summed E-state index contributed by atoms with van der Waals surface area (Å²) in [5, 5.41) is 9.08. The highest BCUT2D eigenvalue weighted by Gasteiger charge is 2.43. The number of carbonyl (C=O) groups is 1. The Hall–Kier alpha value is -2.22. The summed E-state index contributed by atoms with van der Waals surface area (Å²) in [6.07, 6.45) is 2.91. The van der Waals surface area contributed by atoms with Crippen molar-refractivity contribution in [1.82, 2.24) is 20.9 Å². The van der Waals surface area contributed by atoms with Crippen molar-refractivity contribution in [3.63, 3.8) is 0 Å². The first-order valence-corrected chi connectivity index (χ1v) is 9.04. The molecule has 0 bridgehead atoms. The summed E-state index contributed by atoms with van der Waals surface area (Å²) >= 11 is 0. The fourth-order valence-electron chi connectivity index (χ4n) is 3.56. The van der Waals surface area contributed by atoms with E-state index in [1.165, 1.54) is 5.56 Å². The maximum atomic E-state index is 12.5. The van der Waals surface area contributed by atoms with E-state index in [0.717, 1.165) is 32.4 Å². The van der Waals surface area contributed by atoms with Crippen LogP contribution in [0.1, 0.15) is 41.1 Å². The van der Waals surface area contributed by atoms with Gasteiger partial charge in [0.25, 0.3) is 5.91 Å². The van der Waals surface area contributed by atoms with E-state index in [9.17, 15) is 4.79 Å². The van der Waals surface area contributed by atoms with Gasteiger partial charge in [-0.3, -0.25) is 10.2 Å². The molecule has 26 heavy (non-hydrogen) atoms. The Labute approximate surface area is 152 Å². The number of nitrogens with one attached hydrogen (secondary N) is 2. The quantitative estimate of drug-likeness (QED) is 0.822. The minimum absolute atomic E-state index is 0.0338. The molecule has 1 amide bonds. The standard InChI is InChI=1S/C19H24N4O3/c1-25-19(8-5-9-19)17-10-16(22-26-17)18(24)21-15-11-20-23(13-15)12-14-6-3-2-4-7-14/h2-4,6-7,10,15,20H,5,8-9,11-13H2,1H3,(H,21,24). The second-order valence-corrected chi connectivity index (χ2v) is 7.03. The fourth-order valence-corrected chi connectivity index (χ4v) is 3.56. The van der Waals surface area contributed by atoms with Gasteiger partial charge in [0, 0.05) is 32.8 Å². The first-order chi connectivity index (χ1) is 12.7. The van der Waals surface area contributed by atoms with Crippen LogP contribution in [-0.4, -0.2) is 42.3 Å². The highest BCUT2D eigenvalue weighted by molar-refractivity contribution is 5.92. The number of methoxy groups -OCH3 is 1. The molecule has 2 heterocycles. The number of benzene rings is 1. The van der Waals surface area contributed by atoms with Crippen LogP contribution in [-0.2, 0) is 16.9 Å². The molecule has 7 heteroatoms. The number of hydrazine groups is 1.